The molecule has 224 valence electrons. The highest BCUT2D eigenvalue weighted by Crippen LogP contribution is 2.41. The molecule has 3 heterocycles. The van der Waals surface area contributed by atoms with Crippen molar-refractivity contribution in [3.05, 3.63) is 58.7 Å². The van der Waals surface area contributed by atoms with Gasteiger partial charge in [-0.2, -0.15) is 4.98 Å². The summed E-state index contributed by atoms with van der Waals surface area (Å²) >= 11 is 6.37. The number of likely N-dealkylation sites (tertiary alicyclic amines) is 1. The zero-order chi connectivity index (χ0) is 29.6. The highest BCUT2D eigenvalue weighted by molar-refractivity contribution is 7.70. The number of morpholine rings is 1. The van der Waals surface area contributed by atoms with Gasteiger partial charge in [0.1, 0.15) is 17.9 Å². The summed E-state index contributed by atoms with van der Waals surface area (Å²) in [5.41, 5.74) is 3.82. The van der Waals surface area contributed by atoms with Gasteiger partial charge in [-0.05, 0) is 86.9 Å². The largest absolute Gasteiger partial charge is 0.573 e. The van der Waals surface area contributed by atoms with Crippen molar-refractivity contribution >= 4 is 47.2 Å². The first kappa shape index (κ1) is 29.2. The number of ether oxygens (including phenoxy) is 2. The molecule has 0 amide bonds. The lowest BCUT2D eigenvalue weighted by Gasteiger charge is -2.34. The van der Waals surface area contributed by atoms with Crippen molar-refractivity contribution < 1.29 is 27.2 Å². The zero-order valence-corrected chi connectivity index (χ0v) is 24.9. The molecule has 2 saturated heterocycles. The van der Waals surface area contributed by atoms with E-state index in [9.17, 15) is 17.7 Å². The van der Waals surface area contributed by atoms with Crippen molar-refractivity contribution in [3.63, 3.8) is 0 Å². The predicted molar refractivity (Wildman–Crippen MR) is 158 cm³/mol. The fraction of sp³-hybridized carbons (Fsp3) is 0.448. The summed E-state index contributed by atoms with van der Waals surface area (Å²) in [6, 6.07) is 11.1. The molecule has 3 atom stereocenters. The number of halogens is 4. The molecule has 3 aromatic rings. The average molecular weight is 622 g/mol. The van der Waals surface area contributed by atoms with Crippen LogP contribution in [-0.2, 0) is 22.1 Å². The Labute approximate surface area is 247 Å². The van der Waals surface area contributed by atoms with E-state index in [0.29, 0.717) is 23.9 Å². The number of nitrogens with one attached hydrogen (secondary N) is 2. The van der Waals surface area contributed by atoms with E-state index in [1.54, 1.807) is 0 Å². The van der Waals surface area contributed by atoms with Crippen LogP contribution in [0.1, 0.15) is 30.4 Å². The summed E-state index contributed by atoms with van der Waals surface area (Å²) in [6.45, 7) is 4.83. The number of aryl methyl sites for hydroxylation is 2. The third kappa shape index (κ3) is 6.54. The van der Waals surface area contributed by atoms with Crippen LogP contribution in [0.2, 0.25) is 5.02 Å². The topological polar surface area (TPSA) is 88.6 Å². The van der Waals surface area contributed by atoms with Crippen LogP contribution in [0.4, 0.5) is 36.3 Å². The summed E-state index contributed by atoms with van der Waals surface area (Å²) in [5, 5.41) is 6.63. The molecule has 2 N–H and O–H groups in total. The van der Waals surface area contributed by atoms with E-state index >= 15 is 0 Å². The van der Waals surface area contributed by atoms with Gasteiger partial charge in [0.15, 0.2) is 5.82 Å². The van der Waals surface area contributed by atoms with E-state index in [4.69, 9.17) is 16.3 Å². The van der Waals surface area contributed by atoms with Crippen molar-refractivity contribution in [1.29, 1.82) is 0 Å². The standard InChI is InChI=1S/C29H32ClF3N5O3P/c1-42(2,39)26-13-22(41-29(31,32)33)9-10-25(26)36-27-24(30)14-34-28(37-27)35-19-6-3-17-4-7-20(8-5-18(17)11-19)38-15-23-12-21(38)16-40-23/h3,6,9-11,13-14,20-21,23H,4-5,7-8,12,15-16H2,1-2H3,(H2,34,35,36,37)/t20?,21-,23-/m1/s1. The number of alkyl halides is 3. The minimum absolute atomic E-state index is 0.173. The van der Waals surface area contributed by atoms with Crippen LogP contribution >= 0.6 is 18.7 Å². The molecular formula is C29H32ClF3N5O3P. The molecule has 2 aliphatic heterocycles. The molecule has 3 aliphatic rings. The van der Waals surface area contributed by atoms with Gasteiger partial charge in [-0.1, -0.05) is 17.7 Å². The lowest BCUT2D eigenvalue weighted by atomic mass is 10.0. The molecule has 1 aliphatic carbocycles. The molecule has 13 heteroatoms. The molecule has 1 aromatic heterocycles. The number of anilines is 4. The number of hydrogen-bond acceptors (Lipinski definition) is 8. The van der Waals surface area contributed by atoms with Crippen LogP contribution in [0.3, 0.4) is 0 Å². The van der Waals surface area contributed by atoms with Crippen LogP contribution in [0.5, 0.6) is 5.75 Å². The van der Waals surface area contributed by atoms with Crippen LogP contribution in [0.15, 0.2) is 42.6 Å². The van der Waals surface area contributed by atoms with Gasteiger partial charge in [-0.15, -0.1) is 13.2 Å². The third-order valence-corrected chi connectivity index (χ3v) is 9.95. The van der Waals surface area contributed by atoms with E-state index in [2.05, 4.69) is 42.4 Å². The first-order valence-electron chi connectivity index (χ1n) is 13.9. The number of aromatic nitrogens is 2. The minimum Gasteiger partial charge on any atom is -0.406 e. The molecule has 2 aromatic carbocycles. The van der Waals surface area contributed by atoms with E-state index in [0.717, 1.165) is 63.1 Å². The SMILES string of the molecule is CP(C)(=O)c1cc(OC(F)(F)F)ccc1Nc1nc(Nc2ccc3c(c2)CCC(N2C[C@H]4C[C@@H]2CO4)CC3)ncc1Cl. The van der Waals surface area contributed by atoms with E-state index in [1.807, 2.05) is 6.07 Å². The molecule has 1 unspecified atom stereocenters. The molecule has 42 heavy (non-hydrogen) atoms. The van der Waals surface area contributed by atoms with Crippen molar-refractivity contribution in [2.45, 2.75) is 56.7 Å². The quantitative estimate of drug-likeness (QED) is 0.229. The Bertz CT molecular complexity index is 1530. The normalized spacial score (nSPS) is 22.5. The molecule has 0 spiro atoms. The first-order valence-corrected chi connectivity index (χ1v) is 16.9. The Morgan fingerprint density at radius 3 is 2.55 bits per heavy atom. The lowest BCUT2D eigenvalue weighted by molar-refractivity contribution is -0.274. The second-order valence-corrected chi connectivity index (χ2v) is 15.1. The first-order chi connectivity index (χ1) is 19.9. The van der Waals surface area contributed by atoms with Crippen molar-refractivity contribution in [3.8, 4) is 5.75 Å². The molecule has 0 saturated carbocycles. The third-order valence-electron chi connectivity index (χ3n) is 8.15. The molecule has 2 fully saturated rings. The molecule has 6 rings (SSSR count). The van der Waals surface area contributed by atoms with Crippen molar-refractivity contribution in [2.24, 2.45) is 0 Å². The second-order valence-electron chi connectivity index (χ2n) is 11.5. The molecule has 8 nitrogen and oxygen atoms in total. The smallest absolute Gasteiger partial charge is 0.406 e. The molecule has 0 radical (unpaired) electrons. The van der Waals surface area contributed by atoms with Gasteiger partial charge >= 0.3 is 6.36 Å². The Morgan fingerprint density at radius 1 is 1.07 bits per heavy atom. The van der Waals surface area contributed by atoms with Gasteiger partial charge in [0.25, 0.3) is 0 Å². The number of nitrogens with zero attached hydrogens (tertiary/aromatic N) is 3. The summed E-state index contributed by atoms with van der Waals surface area (Å²) < 4.78 is 61.1. The van der Waals surface area contributed by atoms with E-state index in [1.165, 1.54) is 36.7 Å². The summed E-state index contributed by atoms with van der Waals surface area (Å²) in [6.07, 6.45) is 2.40. The zero-order valence-electron chi connectivity index (χ0n) is 23.2. The van der Waals surface area contributed by atoms with E-state index in [-0.39, 0.29) is 22.1 Å². The van der Waals surface area contributed by atoms with Crippen molar-refractivity contribution in [2.75, 3.05) is 37.1 Å². The molecule has 2 bridgehead atoms. The van der Waals surface area contributed by atoms with Crippen LogP contribution in [0, 0.1) is 0 Å². The maximum atomic E-state index is 12.9. The van der Waals surface area contributed by atoms with Gasteiger partial charge in [-0.25, -0.2) is 4.98 Å². The number of benzene rings is 2. The van der Waals surface area contributed by atoms with Crippen LogP contribution in [0.25, 0.3) is 0 Å². The van der Waals surface area contributed by atoms with Gasteiger partial charge in [0.2, 0.25) is 5.95 Å². The highest BCUT2D eigenvalue weighted by atomic mass is 35.5. The Morgan fingerprint density at radius 2 is 1.86 bits per heavy atom. The molecular weight excluding hydrogens is 590 g/mol. The van der Waals surface area contributed by atoms with E-state index < -0.39 is 19.3 Å². The summed E-state index contributed by atoms with van der Waals surface area (Å²) in [7, 11) is -3.02. The maximum Gasteiger partial charge on any atom is 0.573 e. The predicted octanol–water partition coefficient (Wildman–Crippen LogP) is 6.48. The number of hydrogen-bond donors (Lipinski definition) is 2. The second kappa shape index (κ2) is 11.3. The Kier molecular flexibility index (Phi) is 7.89. The lowest BCUT2D eigenvalue weighted by Crippen LogP contribution is -2.44. The van der Waals surface area contributed by atoms with Gasteiger partial charge < -0.3 is 24.7 Å². The fourth-order valence-electron chi connectivity index (χ4n) is 6.21. The number of fused-ring (bicyclic) bond motifs is 3. The monoisotopic (exact) mass is 621 g/mol. The number of rotatable bonds is 7. The average Bonchev–Trinajstić information content (AvgIpc) is 3.49. The fourth-order valence-corrected chi connectivity index (χ4v) is 7.50. The summed E-state index contributed by atoms with van der Waals surface area (Å²) in [5.74, 6) is 0.0466. The Balaban J connectivity index is 1.17. The maximum absolute atomic E-state index is 12.9. The van der Waals surface area contributed by atoms with Crippen LogP contribution < -0.4 is 20.7 Å². The summed E-state index contributed by atoms with van der Waals surface area (Å²) in [4.78, 5) is 11.5. The highest BCUT2D eigenvalue weighted by Gasteiger charge is 2.42. The van der Waals surface area contributed by atoms with Gasteiger partial charge in [-0.3, -0.25) is 4.90 Å². The van der Waals surface area contributed by atoms with Crippen LogP contribution in [-0.4, -0.2) is 65.9 Å². The Hall–Kier alpha value is -2.85. The van der Waals surface area contributed by atoms with Gasteiger partial charge in [0.05, 0.1) is 24.6 Å². The minimum atomic E-state index is -4.87. The van der Waals surface area contributed by atoms with Gasteiger partial charge in [0, 0.05) is 29.6 Å². The van der Waals surface area contributed by atoms with Crippen molar-refractivity contribution in [1.82, 2.24) is 14.9 Å².